The zero-order chi connectivity index (χ0) is 28.4. The van der Waals surface area contributed by atoms with E-state index in [2.05, 4.69) is 11.8 Å². The molecular formula is C29H27N3O7. The van der Waals surface area contributed by atoms with E-state index >= 15 is 0 Å². The number of phenols is 1. The molecule has 39 heavy (non-hydrogen) atoms. The molecule has 3 aliphatic rings. The normalized spacial score (nSPS) is 23.9. The number of carbonyl (C=O) groups excluding carboxylic acids is 3. The van der Waals surface area contributed by atoms with Crippen molar-refractivity contribution in [3.63, 3.8) is 0 Å². The van der Waals surface area contributed by atoms with Crippen LogP contribution in [0, 0.1) is 23.7 Å². The number of primary amides is 1. The molecule has 3 atom stereocenters. The van der Waals surface area contributed by atoms with Crippen molar-refractivity contribution in [2.45, 2.75) is 24.9 Å². The van der Waals surface area contributed by atoms with Gasteiger partial charge in [0, 0.05) is 48.9 Å². The van der Waals surface area contributed by atoms with Crippen LogP contribution in [0.2, 0.25) is 0 Å². The molecule has 200 valence electrons. The standard InChI is InChI=1S/C29H27N3O7/c1-32(2)19-11-14(6-3-13-4-7-17(30)8-5-13)24(34)22-18(19)10-15-9-16-12-20(33)23(28(31)38)27(37)29(16,39)26(36)21(15)25(22)35/h4-5,7-8,11,15-16,33-34,36,39H,9-10,12,30H2,1-2H3,(H2,31,38)/t15-,16+,29+/m1/s1. The molecule has 0 fully saturated rings. The number of phenolic OH excluding ortho intramolecular Hbond substituents is 1. The summed E-state index contributed by atoms with van der Waals surface area (Å²) >= 11 is 0. The van der Waals surface area contributed by atoms with Crippen LogP contribution < -0.4 is 16.4 Å². The highest BCUT2D eigenvalue weighted by Crippen LogP contribution is 2.52. The molecule has 5 rings (SSSR count). The highest BCUT2D eigenvalue weighted by atomic mass is 16.3. The second-order valence-electron chi connectivity index (χ2n) is 10.3. The van der Waals surface area contributed by atoms with Crippen molar-refractivity contribution in [2.24, 2.45) is 17.6 Å². The molecule has 0 bridgehead atoms. The number of aromatic hydroxyl groups is 1. The second kappa shape index (κ2) is 8.92. The molecule has 0 aromatic heterocycles. The fraction of sp³-hybridized carbons (Fsp3) is 0.276. The van der Waals surface area contributed by atoms with Crippen LogP contribution in [0.1, 0.15) is 39.9 Å². The summed E-state index contributed by atoms with van der Waals surface area (Å²) in [4.78, 5) is 40.6. The van der Waals surface area contributed by atoms with Crippen molar-refractivity contribution >= 4 is 28.8 Å². The molecule has 10 nitrogen and oxygen atoms in total. The molecule has 0 aliphatic heterocycles. The molecular weight excluding hydrogens is 502 g/mol. The summed E-state index contributed by atoms with van der Waals surface area (Å²) < 4.78 is 0. The Morgan fingerprint density at radius 2 is 1.74 bits per heavy atom. The number of rotatable bonds is 2. The summed E-state index contributed by atoms with van der Waals surface area (Å²) in [5.74, 6) is -0.868. The van der Waals surface area contributed by atoms with Gasteiger partial charge in [0.1, 0.15) is 22.8 Å². The van der Waals surface area contributed by atoms with Gasteiger partial charge in [-0.25, -0.2) is 0 Å². The molecule has 2 aromatic rings. The third-order valence-corrected chi connectivity index (χ3v) is 7.77. The first-order valence-corrected chi connectivity index (χ1v) is 12.3. The van der Waals surface area contributed by atoms with Crippen LogP contribution in [-0.4, -0.2) is 57.6 Å². The molecule has 0 saturated heterocycles. The quantitative estimate of drug-likeness (QED) is 0.191. The predicted octanol–water partition coefficient (Wildman–Crippen LogP) is 1.63. The fourth-order valence-electron chi connectivity index (χ4n) is 5.87. The third-order valence-electron chi connectivity index (χ3n) is 7.77. The highest BCUT2D eigenvalue weighted by Gasteiger charge is 2.59. The lowest BCUT2D eigenvalue weighted by Gasteiger charge is -2.45. The van der Waals surface area contributed by atoms with Gasteiger partial charge in [0.15, 0.2) is 11.4 Å². The van der Waals surface area contributed by atoms with Gasteiger partial charge in [0.2, 0.25) is 5.78 Å². The minimum Gasteiger partial charge on any atom is -0.511 e. The van der Waals surface area contributed by atoms with Crippen molar-refractivity contribution in [3.8, 4) is 17.6 Å². The first-order valence-electron chi connectivity index (χ1n) is 12.3. The predicted molar refractivity (Wildman–Crippen MR) is 142 cm³/mol. The van der Waals surface area contributed by atoms with E-state index < -0.39 is 52.0 Å². The Kier molecular flexibility index (Phi) is 5.92. The maximum absolute atomic E-state index is 13.9. The number of aliphatic hydroxyl groups is 3. The Bertz CT molecular complexity index is 1590. The van der Waals surface area contributed by atoms with Crippen LogP contribution in [-0.2, 0) is 16.0 Å². The number of anilines is 2. The van der Waals surface area contributed by atoms with E-state index in [0.717, 1.165) is 0 Å². The lowest BCUT2D eigenvalue weighted by atomic mass is 9.60. The smallest absolute Gasteiger partial charge is 0.255 e. The van der Waals surface area contributed by atoms with Crippen LogP contribution in [0.5, 0.6) is 5.75 Å². The van der Waals surface area contributed by atoms with Gasteiger partial charge >= 0.3 is 0 Å². The lowest BCUT2D eigenvalue weighted by Crippen LogP contribution is -2.57. The number of aliphatic hydroxyl groups excluding tert-OH is 2. The monoisotopic (exact) mass is 529 g/mol. The average Bonchev–Trinajstić information content (AvgIpc) is 2.86. The Hall–Kier alpha value is -4.75. The number of carbonyl (C=O) groups is 3. The number of ketones is 2. The number of nitrogens with two attached hydrogens (primary N) is 2. The molecule has 3 aliphatic carbocycles. The number of fused-ring (bicyclic) bond motifs is 3. The SMILES string of the molecule is CN(C)c1cc(C#Cc2ccc(N)cc2)c(O)c2c1C[C@H]1C[C@H]3CC(O)=C(C(N)=O)C(=O)[C@@]3(O)C(O)=C1C2=O. The van der Waals surface area contributed by atoms with Gasteiger partial charge in [0.25, 0.3) is 5.91 Å². The largest absolute Gasteiger partial charge is 0.511 e. The number of nitrogen functional groups attached to an aromatic ring is 1. The van der Waals surface area contributed by atoms with E-state index in [4.69, 9.17) is 11.5 Å². The van der Waals surface area contributed by atoms with E-state index in [1.807, 2.05) is 0 Å². The van der Waals surface area contributed by atoms with Gasteiger partial charge in [-0.05, 0) is 54.7 Å². The Morgan fingerprint density at radius 1 is 1.08 bits per heavy atom. The zero-order valence-corrected chi connectivity index (χ0v) is 21.3. The van der Waals surface area contributed by atoms with Crippen molar-refractivity contribution in [3.05, 3.63) is 75.3 Å². The van der Waals surface area contributed by atoms with E-state index in [1.165, 1.54) is 0 Å². The van der Waals surface area contributed by atoms with Crippen molar-refractivity contribution < 1.29 is 34.8 Å². The van der Waals surface area contributed by atoms with Crippen molar-refractivity contribution in [2.75, 3.05) is 24.7 Å². The Labute approximate surface area is 223 Å². The molecule has 8 N–H and O–H groups in total. The number of hydrogen-bond acceptors (Lipinski definition) is 9. The number of hydrogen-bond donors (Lipinski definition) is 6. The van der Waals surface area contributed by atoms with E-state index in [-0.39, 0.29) is 41.7 Å². The number of Topliss-reactive ketones (excluding diaryl/α,β-unsaturated/α-hetero) is 2. The molecule has 10 heteroatoms. The van der Waals surface area contributed by atoms with E-state index in [0.29, 0.717) is 22.5 Å². The summed E-state index contributed by atoms with van der Waals surface area (Å²) in [5, 5.41) is 44.1. The van der Waals surface area contributed by atoms with Gasteiger partial charge in [-0.3, -0.25) is 14.4 Å². The molecule has 0 saturated carbocycles. The number of benzene rings is 2. The highest BCUT2D eigenvalue weighted by molar-refractivity contribution is 6.24. The number of nitrogens with zero attached hydrogens (tertiary/aromatic N) is 1. The Morgan fingerprint density at radius 3 is 2.36 bits per heavy atom. The van der Waals surface area contributed by atoms with Gasteiger partial charge in [0.05, 0.1) is 11.1 Å². The van der Waals surface area contributed by atoms with Crippen molar-refractivity contribution in [1.29, 1.82) is 0 Å². The number of allylic oxidation sites excluding steroid dienone is 2. The second-order valence-corrected chi connectivity index (χ2v) is 10.3. The van der Waals surface area contributed by atoms with Crippen LogP contribution in [0.3, 0.4) is 0 Å². The molecule has 0 unspecified atom stereocenters. The molecule has 0 spiro atoms. The van der Waals surface area contributed by atoms with Crippen LogP contribution >= 0.6 is 0 Å². The molecule has 1 amide bonds. The van der Waals surface area contributed by atoms with Gasteiger partial charge in [-0.15, -0.1) is 0 Å². The topological polar surface area (TPSA) is 187 Å². The maximum atomic E-state index is 13.9. The lowest BCUT2D eigenvalue weighted by molar-refractivity contribution is -0.144. The van der Waals surface area contributed by atoms with Gasteiger partial charge < -0.3 is 36.8 Å². The first-order chi connectivity index (χ1) is 18.4. The van der Waals surface area contributed by atoms with Crippen molar-refractivity contribution in [1.82, 2.24) is 0 Å². The first kappa shape index (κ1) is 25.9. The molecule has 2 aromatic carbocycles. The summed E-state index contributed by atoms with van der Waals surface area (Å²) in [5.41, 5.74) is 9.80. The van der Waals surface area contributed by atoms with E-state index in [1.54, 1.807) is 49.3 Å². The minimum atomic E-state index is -2.61. The fourth-order valence-corrected chi connectivity index (χ4v) is 5.87. The number of amides is 1. The Balaban J connectivity index is 1.67. The maximum Gasteiger partial charge on any atom is 0.255 e. The summed E-state index contributed by atoms with van der Waals surface area (Å²) in [6, 6.07) is 8.49. The van der Waals surface area contributed by atoms with Crippen LogP contribution in [0.25, 0.3) is 0 Å². The van der Waals surface area contributed by atoms with Gasteiger partial charge in [-0.2, -0.15) is 0 Å². The average molecular weight is 530 g/mol. The van der Waals surface area contributed by atoms with Crippen LogP contribution in [0.4, 0.5) is 11.4 Å². The zero-order valence-electron chi connectivity index (χ0n) is 21.3. The summed E-state index contributed by atoms with van der Waals surface area (Å²) in [6.07, 6.45) is -0.00275. The summed E-state index contributed by atoms with van der Waals surface area (Å²) in [7, 11) is 3.56. The summed E-state index contributed by atoms with van der Waals surface area (Å²) in [6.45, 7) is 0. The minimum absolute atomic E-state index is 0.0647. The van der Waals surface area contributed by atoms with Crippen LogP contribution in [0.15, 0.2) is 53.0 Å². The molecule has 0 radical (unpaired) electrons. The molecule has 0 heterocycles. The van der Waals surface area contributed by atoms with Gasteiger partial charge in [-0.1, -0.05) is 11.8 Å². The van der Waals surface area contributed by atoms with E-state index in [9.17, 15) is 34.8 Å². The third kappa shape index (κ3) is 3.82.